The van der Waals surface area contributed by atoms with Gasteiger partial charge >= 0.3 is 0 Å². The molecule has 1 aromatic rings. The maximum Gasteiger partial charge on any atom is 0.257 e. The summed E-state index contributed by atoms with van der Waals surface area (Å²) >= 11 is 0. The Bertz CT molecular complexity index is 519. The zero-order chi connectivity index (χ0) is 14.9. The van der Waals surface area contributed by atoms with Crippen LogP contribution in [0.5, 0.6) is 5.75 Å². The van der Waals surface area contributed by atoms with Gasteiger partial charge < -0.3 is 15.1 Å². The van der Waals surface area contributed by atoms with E-state index in [1.807, 2.05) is 13.0 Å². The number of phenols is 1. The SMILES string of the molecule is Cc1cc(C)c(O)c(C(=O)N(C)CC2(O)CCCC2)c1. The van der Waals surface area contributed by atoms with Gasteiger partial charge in [0, 0.05) is 13.6 Å². The molecule has 1 fully saturated rings. The third-order valence-corrected chi connectivity index (χ3v) is 4.09. The van der Waals surface area contributed by atoms with E-state index in [1.54, 1.807) is 20.0 Å². The van der Waals surface area contributed by atoms with Crippen LogP contribution < -0.4 is 0 Å². The Morgan fingerprint density at radius 2 is 1.90 bits per heavy atom. The number of nitrogens with zero attached hydrogens (tertiary/aromatic N) is 1. The van der Waals surface area contributed by atoms with Gasteiger partial charge in [-0.25, -0.2) is 0 Å². The quantitative estimate of drug-likeness (QED) is 0.891. The van der Waals surface area contributed by atoms with E-state index >= 15 is 0 Å². The summed E-state index contributed by atoms with van der Waals surface area (Å²) in [6.45, 7) is 4.00. The Morgan fingerprint density at radius 3 is 2.50 bits per heavy atom. The van der Waals surface area contributed by atoms with Crippen molar-refractivity contribution in [3.8, 4) is 5.75 Å². The second-order valence-corrected chi connectivity index (χ2v) is 6.07. The predicted molar refractivity (Wildman–Crippen MR) is 78.0 cm³/mol. The third-order valence-electron chi connectivity index (χ3n) is 4.09. The molecule has 110 valence electrons. The molecule has 0 radical (unpaired) electrons. The molecule has 2 rings (SSSR count). The van der Waals surface area contributed by atoms with E-state index < -0.39 is 5.60 Å². The minimum absolute atomic E-state index is 0.0332. The van der Waals surface area contributed by atoms with Gasteiger partial charge in [-0.2, -0.15) is 0 Å². The van der Waals surface area contributed by atoms with E-state index in [2.05, 4.69) is 0 Å². The fourth-order valence-electron chi connectivity index (χ4n) is 3.03. The van der Waals surface area contributed by atoms with Crippen molar-refractivity contribution in [2.45, 2.75) is 45.1 Å². The molecule has 0 atom stereocenters. The molecule has 1 aliphatic rings. The molecule has 0 unspecified atom stereocenters. The van der Waals surface area contributed by atoms with E-state index in [4.69, 9.17) is 0 Å². The molecule has 2 N–H and O–H groups in total. The number of rotatable bonds is 3. The van der Waals surface area contributed by atoms with Gasteiger partial charge in [-0.3, -0.25) is 4.79 Å². The smallest absolute Gasteiger partial charge is 0.257 e. The molecule has 1 amide bonds. The second-order valence-electron chi connectivity index (χ2n) is 6.07. The molecule has 0 heterocycles. The number of aliphatic hydroxyl groups is 1. The highest BCUT2D eigenvalue weighted by atomic mass is 16.3. The molecule has 0 bridgehead atoms. The number of aromatic hydroxyl groups is 1. The predicted octanol–water partition coefficient (Wildman–Crippen LogP) is 2.39. The summed E-state index contributed by atoms with van der Waals surface area (Å²) in [5.41, 5.74) is 1.18. The van der Waals surface area contributed by atoms with E-state index in [0.29, 0.717) is 17.7 Å². The van der Waals surface area contributed by atoms with Crippen molar-refractivity contribution in [2.75, 3.05) is 13.6 Å². The van der Waals surface area contributed by atoms with Crippen LogP contribution in [0.15, 0.2) is 12.1 Å². The normalized spacial score (nSPS) is 17.2. The van der Waals surface area contributed by atoms with Gasteiger partial charge in [0.2, 0.25) is 0 Å². The lowest BCUT2D eigenvalue weighted by Crippen LogP contribution is -2.42. The van der Waals surface area contributed by atoms with Crippen molar-refractivity contribution in [1.82, 2.24) is 4.90 Å². The Hall–Kier alpha value is -1.55. The number of likely N-dealkylation sites (N-methyl/N-ethyl adjacent to an activating group) is 1. The lowest BCUT2D eigenvalue weighted by atomic mass is 10.0. The number of benzene rings is 1. The van der Waals surface area contributed by atoms with Crippen LogP contribution in [0.4, 0.5) is 0 Å². The molecule has 1 saturated carbocycles. The summed E-state index contributed by atoms with van der Waals surface area (Å²) in [7, 11) is 1.68. The van der Waals surface area contributed by atoms with Crippen LogP contribution in [0.25, 0.3) is 0 Å². The lowest BCUT2D eigenvalue weighted by Gasteiger charge is -2.29. The molecule has 20 heavy (non-hydrogen) atoms. The average Bonchev–Trinajstić information content (AvgIpc) is 2.79. The first-order valence-corrected chi connectivity index (χ1v) is 7.10. The molecular formula is C16H23NO3. The summed E-state index contributed by atoms with van der Waals surface area (Å²) in [4.78, 5) is 14.0. The fourth-order valence-corrected chi connectivity index (χ4v) is 3.03. The zero-order valence-electron chi connectivity index (χ0n) is 12.4. The van der Waals surface area contributed by atoms with Crippen LogP contribution in [-0.2, 0) is 0 Å². The van der Waals surface area contributed by atoms with Crippen LogP contribution >= 0.6 is 0 Å². The monoisotopic (exact) mass is 277 g/mol. The minimum atomic E-state index is -0.765. The average molecular weight is 277 g/mol. The Morgan fingerprint density at radius 1 is 1.30 bits per heavy atom. The highest BCUT2D eigenvalue weighted by Crippen LogP contribution is 2.31. The molecule has 0 saturated heterocycles. The van der Waals surface area contributed by atoms with Gasteiger partial charge in [0.1, 0.15) is 5.75 Å². The third kappa shape index (κ3) is 2.96. The van der Waals surface area contributed by atoms with Gasteiger partial charge in [0.05, 0.1) is 11.2 Å². The molecule has 4 heteroatoms. The number of phenolic OH excluding ortho intramolecular Hbond substituents is 1. The number of amides is 1. The first kappa shape index (κ1) is 14.9. The van der Waals surface area contributed by atoms with E-state index in [0.717, 1.165) is 31.2 Å². The molecular weight excluding hydrogens is 254 g/mol. The summed E-state index contributed by atoms with van der Waals surface area (Å²) in [6.07, 6.45) is 3.49. The van der Waals surface area contributed by atoms with Gasteiger partial charge in [-0.1, -0.05) is 18.9 Å². The molecule has 1 aliphatic carbocycles. The van der Waals surface area contributed by atoms with Crippen LogP contribution in [0.3, 0.4) is 0 Å². The fraction of sp³-hybridized carbons (Fsp3) is 0.562. The highest BCUT2D eigenvalue weighted by molar-refractivity contribution is 5.97. The number of carbonyl (C=O) groups is 1. The Balaban J connectivity index is 2.18. The van der Waals surface area contributed by atoms with Crippen molar-refractivity contribution in [1.29, 1.82) is 0 Å². The summed E-state index contributed by atoms with van der Waals surface area (Å²) in [5, 5.41) is 20.4. The van der Waals surface area contributed by atoms with Gasteiger partial charge in [-0.05, 0) is 43.9 Å². The Labute approximate surface area is 120 Å². The van der Waals surface area contributed by atoms with Gasteiger partial charge in [0.15, 0.2) is 0 Å². The molecule has 0 spiro atoms. The van der Waals surface area contributed by atoms with Crippen molar-refractivity contribution in [3.63, 3.8) is 0 Å². The largest absolute Gasteiger partial charge is 0.507 e. The first-order valence-electron chi connectivity index (χ1n) is 7.10. The zero-order valence-corrected chi connectivity index (χ0v) is 12.4. The van der Waals surface area contributed by atoms with Gasteiger partial charge in [-0.15, -0.1) is 0 Å². The van der Waals surface area contributed by atoms with Crippen LogP contribution in [-0.4, -0.2) is 40.2 Å². The lowest BCUT2D eigenvalue weighted by molar-refractivity contribution is 0.0155. The highest BCUT2D eigenvalue weighted by Gasteiger charge is 2.34. The molecule has 1 aromatic carbocycles. The second kappa shape index (κ2) is 5.44. The number of carbonyl (C=O) groups excluding carboxylic acids is 1. The van der Waals surface area contributed by atoms with Gasteiger partial charge in [0.25, 0.3) is 5.91 Å². The standard InChI is InChI=1S/C16H23NO3/c1-11-8-12(2)14(18)13(9-11)15(19)17(3)10-16(20)6-4-5-7-16/h8-9,18,20H,4-7,10H2,1-3H3. The number of aryl methyl sites for hydroxylation is 2. The number of hydrogen-bond acceptors (Lipinski definition) is 3. The Kier molecular flexibility index (Phi) is 4.04. The first-order chi connectivity index (χ1) is 9.32. The topological polar surface area (TPSA) is 60.8 Å². The summed E-state index contributed by atoms with van der Waals surface area (Å²) in [5.74, 6) is -0.208. The van der Waals surface area contributed by atoms with Crippen LogP contribution in [0.1, 0.15) is 47.2 Å². The van der Waals surface area contributed by atoms with Crippen molar-refractivity contribution < 1.29 is 15.0 Å². The van der Waals surface area contributed by atoms with Crippen molar-refractivity contribution in [3.05, 3.63) is 28.8 Å². The summed E-state index contributed by atoms with van der Waals surface area (Å²) in [6, 6.07) is 3.54. The number of hydrogen-bond donors (Lipinski definition) is 2. The summed E-state index contributed by atoms with van der Waals surface area (Å²) < 4.78 is 0. The van der Waals surface area contributed by atoms with Crippen LogP contribution in [0.2, 0.25) is 0 Å². The van der Waals surface area contributed by atoms with Crippen LogP contribution in [0, 0.1) is 13.8 Å². The molecule has 0 aliphatic heterocycles. The van der Waals surface area contributed by atoms with Crippen molar-refractivity contribution >= 4 is 5.91 Å². The minimum Gasteiger partial charge on any atom is -0.507 e. The van der Waals surface area contributed by atoms with E-state index in [-0.39, 0.29) is 11.7 Å². The maximum absolute atomic E-state index is 12.5. The molecule has 0 aromatic heterocycles. The van der Waals surface area contributed by atoms with Crippen molar-refractivity contribution in [2.24, 2.45) is 0 Å². The molecule has 4 nitrogen and oxygen atoms in total. The van der Waals surface area contributed by atoms with E-state index in [1.165, 1.54) is 4.90 Å². The van der Waals surface area contributed by atoms with E-state index in [9.17, 15) is 15.0 Å². The maximum atomic E-state index is 12.5.